The highest BCUT2D eigenvalue weighted by molar-refractivity contribution is 5.85. The zero-order valence-electron chi connectivity index (χ0n) is 13.4. The van der Waals surface area contributed by atoms with E-state index < -0.39 is 0 Å². The summed E-state index contributed by atoms with van der Waals surface area (Å²) in [5.74, 6) is 0.0493. The minimum atomic E-state index is -0.186. The molecule has 2 N–H and O–H groups in total. The normalized spacial score (nSPS) is 23.1. The van der Waals surface area contributed by atoms with Crippen molar-refractivity contribution in [2.75, 3.05) is 19.6 Å². The van der Waals surface area contributed by atoms with Crippen LogP contribution in [0.3, 0.4) is 0 Å². The molecule has 3 nitrogen and oxygen atoms in total. The van der Waals surface area contributed by atoms with Gasteiger partial charge in [0.1, 0.15) is 5.82 Å². The van der Waals surface area contributed by atoms with Crippen LogP contribution in [0.5, 0.6) is 0 Å². The van der Waals surface area contributed by atoms with Gasteiger partial charge < -0.3 is 10.6 Å². The van der Waals surface area contributed by atoms with Gasteiger partial charge in [-0.3, -0.25) is 4.79 Å². The van der Waals surface area contributed by atoms with Gasteiger partial charge in [0, 0.05) is 18.5 Å². The molecule has 2 fully saturated rings. The molecule has 0 radical (unpaired) electrons. The third-order valence-corrected chi connectivity index (χ3v) is 5.28. The predicted molar refractivity (Wildman–Crippen MR) is 92.4 cm³/mol. The summed E-state index contributed by atoms with van der Waals surface area (Å²) in [6.07, 6.45) is 6.50. The average Bonchev–Trinajstić information content (AvgIpc) is 3.08. The molecule has 23 heavy (non-hydrogen) atoms. The lowest BCUT2D eigenvalue weighted by Crippen LogP contribution is -2.44. The van der Waals surface area contributed by atoms with Crippen molar-refractivity contribution in [1.29, 1.82) is 0 Å². The number of halogens is 2. The molecular weight excluding hydrogens is 315 g/mol. The van der Waals surface area contributed by atoms with Crippen LogP contribution in [0.15, 0.2) is 24.3 Å². The highest BCUT2D eigenvalue weighted by Gasteiger charge is 2.35. The van der Waals surface area contributed by atoms with E-state index in [-0.39, 0.29) is 35.5 Å². The number of rotatable bonds is 4. The first kappa shape index (κ1) is 18.2. The second-order valence-corrected chi connectivity index (χ2v) is 6.76. The summed E-state index contributed by atoms with van der Waals surface area (Å²) >= 11 is 0. The molecule has 1 heterocycles. The largest absolute Gasteiger partial charge is 0.355 e. The van der Waals surface area contributed by atoms with Gasteiger partial charge in [0.15, 0.2) is 0 Å². The summed E-state index contributed by atoms with van der Waals surface area (Å²) < 4.78 is 13.6. The van der Waals surface area contributed by atoms with Crippen molar-refractivity contribution in [1.82, 2.24) is 10.6 Å². The van der Waals surface area contributed by atoms with Crippen LogP contribution < -0.4 is 10.6 Å². The molecule has 2 aliphatic rings. The summed E-state index contributed by atoms with van der Waals surface area (Å²) in [5.41, 5.74) is 0.944. The SMILES string of the molecule is Cl.O=C(NCC1(c2cccc(F)c2)CCCCC1)C1CCNC1. The number of hydrogen-bond acceptors (Lipinski definition) is 2. The Morgan fingerprint density at radius 1 is 1.30 bits per heavy atom. The molecule has 1 unspecified atom stereocenters. The van der Waals surface area contributed by atoms with Crippen molar-refractivity contribution in [2.45, 2.75) is 43.9 Å². The lowest BCUT2D eigenvalue weighted by atomic mass is 9.69. The number of carbonyl (C=O) groups is 1. The molecule has 1 aromatic carbocycles. The smallest absolute Gasteiger partial charge is 0.224 e. The molecule has 0 aromatic heterocycles. The Balaban J connectivity index is 0.00000192. The van der Waals surface area contributed by atoms with Gasteiger partial charge in [0.25, 0.3) is 0 Å². The van der Waals surface area contributed by atoms with Crippen LogP contribution >= 0.6 is 12.4 Å². The Morgan fingerprint density at radius 3 is 2.74 bits per heavy atom. The first-order chi connectivity index (χ1) is 10.7. The zero-order valence-corrected chi connectivity index (χ0v) is 14.3. The monoisotopic (exact) mass is 340 g/mol. The third kappa shape index (κ3) is 4.24. The molecule has 1 saturated heterocycles. The van der Waals surface area contributed by atoms with Crippen LogP contribution in [0, 0.1) is 11.7 Å². The molecule has 1 aromatic rings. The zero-order chi connectivity index (χ0) is 15.4. The molecule has 1 aliphatic heterocycles. The quantitative estimate of drug-likeness (QED) is 0.884. The van der Waals surface area contributed by atoms with Crippen LogP contribution in [0.25, 0.3) is 0 Å². The molecule has 5 heteroatoms. The molecule has 1 aliphatic carbocycles. The highest BCUT2D eigenvalue weighted by Crippen LogP contribution is 2.39. The molecular formula is C18H26ClFN2O. The Labute approximate surface area is 143 Å². The van der Waals surface area contributed by atoms with Gasteiger partial charge in [-0.2, -0.15) is 0 Å². The summed E-state index contributed by atoms with van der Waals surface area (Å²) in [5, 5.41) is 6.38. The number of nitrogens with one attached hydrogen (secondary N) is 2. The summed E-state index contributed by atoms with van der Waals surface area (Å²) in [4.78, 5) is 12.3. The maximum Gasteiger partial charge on any atom is 0.224 e. The second-order valence-electron chi connectivity index (χ2n) is 6.76. The molecule has 1 saturated carbocycles. The van der Waals surface area contributed by atoms with Crippen LogP contribution in [-0.2, 0) is 10.2 Å². The molecule has 1 atom stereocenters. The number of amides is 1. The average molecular weight is 341 g/mol. The minimum absolute atomic E-state index is 0. The summed E-state index contributed by atoms with van der Waals surface area (Å²) in [6.45, 7) is 2.33. The number of benzene rings is 1. The standard InChI is InChI=1S/C18H25FN2O.ClH/c19-16-6-4-5-15(11-16)18(8-2-1-3-9-18)13-21-17(22)14-7-10-20-12-14;/h4-6,11,14,20H,1-3,7-10,12-13H2,(H,21,22);1H. The van der Waals surface area contributed by atoms with E-state index in [1.807, 2.05) is 6.07 Å². The van der Waals surface area contributed by atoms with Crippen molar-refractivity contribution in [3.8, 4) is 0 Å². The van der Waals surface area contributed by atoms with Crippen LogP contribution in [0.2, 0.25) is 0 Å². The lowest BCUT2D eigenvalue weighted by molar-refractivity contribution is -0.124. The summed E-state index contributed by atoms with van der Waals surface area (Å²) in [6, 6.07) is 6.93. The van der Waals surface area contributed by atoms with E-state index >= 15 is 0 Å². The van der Waals surface area contributed by atoms with Gasteiger partial charge in [-0.1, -0.05) is 31.4 Å². The maximum atomic E-state index is 13.6. The van der Waals surface area contributed by atoms with Crippen molar-refractivity contribution in [3.05, 3.63) is 35.6 Å². The van der Waals surface area contributed by atoms with Gasteiger partial charge in [-0.25, -0.2) is 4.39 Å². The summed E-state index contributed by atoms with van der Waals surface area (Å²) in [7, 11) is 0. The molecule has 0 bridgehead atoms. The van der Waals surface area contributed by atoms with E-state index in [2.05, 4.69) is 10.6 Å². The Hall–Kier alpha value is -1.13. The fourth-order valence-electron chi connectivity index (χ4n) is 3.89. The van der Waals surface area contributed by atoms with E-state index in [1.165, 1.54) is 12.5 Å². The van der Waals surface area contributed by atoms with E-state index in [9.17, 15) is 9.18 Å². The van der Waals surface area contributed by atoms with Gasteiger partial charge in [0.2, 0.25) is 5.91 Å². The molecule has 128 valence electrons. The van der Waals surface area contributed by atoms with Gasteiger partial charge in [0.05, 0.1) is 5.92 Å². The Kier molecular flexibility index (Phi) is 6.42. The fourth-order valence-corrected chi connectivity index (χ4v) is 3.89. The van der Waals surface area contributed by atoms with Crippen LogP contribution in [0.1, 0.15) is 44.1 Å². The van der Waals surface area contributed by atoms with Crippen molar-refractivity contribution in [2.24, 2.45) is 5.92 Å². The third-order valence-electron chi connectivity index (χ3n) is 5.28. The number of hydrogen-bond donors (Lipinski definition) is 2. The van der Waals surface area contributed by atoms with E-state index in [0.29, 0.717) is 6.54 Å². The Morgan fingerprint density at radius 2 is 2.09 bits per heavy atom. The number of carbonyl (C=O) groups excluding carboxylic acids is 1. The first-order valence-corrected chi connectivity index (χ1v) is 8.44. The van der Waals surface area contributed by atoms with E-state index in [1.54, 1.807) is 12.1 Å². The topological polar surface area (TPSA) is 41.1 Å². The highest BCUT2D eigenvalue weighted by atomic mass is 35.5. The predicted octanol–water partition coefficient (Wildman–Crippen LogP) is 3.18. The van der Waals surface area contributed by atoms with Gasteiger partial charge in [-0.15, -0.1) is 12.4 Å². The van der Waals surface area contributed by atoms with Crippen molar-refractivity contribution >= 4 is 18.3 Å². The van der Waals surface area contributed by atoms with Crippen molar-refractivity contribution < 1.29 is 9.18 Å². The van der Waals surface area contributed by atoms with Crippen LogP contribution in [-0.4, -0.2) is 25.5 Å². The van der Waals surface area contributed by atoms with E-state index in [0.717, 1.165) is 50.8 Å². The molecule has 1 amide bonds. The van der Waals surface area contributed by atoms with Crippen molar-refractivity contribution in [3.63, 3.8) is 0 Å². The first-order valence-electron chi connectivity index (χ1n) is 8.44. The van der Waals surface area contributed by atoms with Gasteiger partial charge in [-0.05, 0) is 43.5 Å². The van der Waals surface area contributed by atoms with Gasteiger partial charge >= 0.3 is 0 Å². The fraction of sp³-hybridized carbons (Fsp3) is 0.611. The van der Waals surface area contributed by atoms with Crippen LogP contribution in [0.4, 0.5) is 4.39 Å². The second kappa shape index (κ2) is 8.11. The maximum absolute atomic E-state index is 13.6. The Bertz CT molecular complexity index is 526. The lowest BCUT2D eigenvalue weighted by Gasteiger charge is -2.38. The molecule has 3 rings (SSSR count). The minimum Gasteiger partial charge on any atom is -0.355 e. The molecule has 0 spiro atoms. The van der Waals surface area contributed by atoms with E-state index in [4.69, 9.17) is 0 Å².